The number of halogens is 1. The molecule has 1 atom stereocenters. The number of para-hydroxylation sites is 1. The smallest absolute Gasteiger partial charge is 0.191 e. The van der Waals surface area contributed by atoms with E-state index in [0.717, 1.165) is 36.8 Å². The van der Waals surface area contributed by atoms with Gasteiger partial charge in [0.2, 0.25) is 0 Å². The summed E-state index contributed by atoms with van der Waals surface area (Å²) in [4.78, 5) is 6.65. The van der Waals surface area contributed by atoms with Gasteiger partial charge < -0.3 is 20.3 Å². The fourth-order valence-electron chi connectivity index (χ4n) is 2.36. The molecule has 0 aliphatic rings. The topological polar surface area (TPSA) is 48.9 Å². The van der Waals surface area contributed by atoms with Crippen LogP contribution in [0.2, 0.25) is 0 Å². The lowest BCUT2D eigenvalue weighted by molar-refractivity contribution is 0.222. The minimum atomic E-state index is 0. The molecule has 6 heteroatoms. The number of rotatable bonds is 10. The molecule has 0 radical (unpaired) electrons. The first-order valence-corrected chi connectivity index (χ1v) is 9.31. The Kier molecular flexibility index (Phi) is 13.5. The first-order valence-electron chi connectivity index (χ1n) is 9.31. The summed E-state index contributed by atoms with van der Waals surface area (Å²) in [7, 11) is 3.98. The van der Waals surface area contributed by atoms with Crippen LogP contribution in [0.1, 0.15) is 39.2 Å². The lowest BCUT2D eigenvalue weighted by Gasteiger charge is -2.21. The van der Waals surface area contributed by atoms with Gasteiger partial charge in [0.15, 0.2) is 5.96 Å². The maximum Gasteiger partial charge on any atom is 0.191 e. The number of unbranched alkanes of at least 4 members (excludes halogenated alkanes) is 1. The fourth-order valence-corrected chi connectivity index (χ4v) is 2.36. The van der Waals surface area contributed by atoms with E-state index in [-0.39, 0.29) is 30.1 Å². The predicted octanol–water partition coefficient (Wildman–Crippen LogP) is 3.67. The molecule has 1 rings (SSSR count). The highest BCUT2D eigenvalue weighted by molar-refractivity contribution is 14.0. The summed E-state index contributed by atoms with van der Waals surface area (Å²) in [6.45, 7) is 11.4. The molecule has 1 aromatic carbocycles. The molecule has 0 aliphatic heterocycles. The van der Waals surface area contributed by atoms with Crippen molar-refractivity contribution in [2.45, 2.75) is 52.7 Å². The molecule has 1 aromatic rings. The van der Waals surface area contributed by atoms with Gasteiger partial charge in [-0.25, -0.2) is 0 Å². The molecule has 0 amide bonds. The number of benzene rings is 1. The van der Waals surface area contributed by atoms with E-state index in [9.17, 15) is 0 Å². The summed E-state index contributed by atoms with van der Waals surface area (Å²) in [5, 5.41) is 6.70. The first kappa shape index (κ1) is 25.0. The maximum atomic E-state index is 5.98. The van der Waals surface area contributed by atoms with E-state index in [1.165, 1.54) is 6.42 Å². The second kappa shape index (κ2) is 14.1. The highest BCUT2D eigenvalue weighted by Crippen LogP contribution is 2.17. The van der Waals surface area contributed by atoms with E-state index < -0.39 is 0 Å². The van der Waals surface area contributed by atoms with Crippen molar-refractivity contribution in [2.24, 2.45) is 4.99 Å². The number of aliphatic imine (C=N–C) groups is 1. The van der Waals surface area contributed by atoms with E-state index in [1.54, 1.807) is 7.05 Å². The monoisotopic (exact) mass is 476 g/mol. The third kappa shape index (κ3) is 10.2. The second-order valence-electron chi connectivity index (χ2n) is 6.86. The number of nitrogens with one attached hydrogen (secondary N) is 2. The largest absolute Gasteiger partial charge is 0.489 e. The van der Waals surface area contributed by atoms with Gasteiger partial charge in [0.1, 0.15) is 11.9 Å². The molecule has 0 aromatic heterocycles. The minimum Gasteiger partial charge on any atom is -0.489 e. The number of nitrogens with zero attached hydrogens (tertiary/aromatic N) is 2. The van der Waals surface area contributed by atoms with Crippen LogP contribution >= 0.6 is 24.0 Å². The highest BCUT2D eigenvalue weighted by atomic mass is 127. The Morgan fingerprint density at radius 1 is 1.15 bits per heavy atom. The molecule has 2 N–H and O–H groups in total. The van der Waals surface area contributed by atoms with Crippen LogP contribution in [0.4, 0.5) is 0 Å². The summed E-state index contributed by atoms with van der Waals surface area (Å²) >= 11 is 0. The molecule has 0 spiro atoms. The van der Waals surface area contributed by atoms with Gasteiger partial charge in [-0.3, -0.25) is 4.99 Å². The number of hydrogen-bond acceptors (Lipinski definition) is 3. The minimum absolute atomic E-state index is 0. The van der Waals surface area contributed by atoms with Crippen LogP contribution in [0.5, 0.6) is 5.75 Å². The van der Waals surface area contributed by atoms with Crippen LogP contribution in [0.25, 0.3) is 0 Å². The van der Waals surface area contributed by atoms with E-state index in [1.807, 2.05) is 18.2 Å². The molecule has 0 bridgehead atoms. The third-order valence-corrected chi connectivity index (χ3v) is 4.31. The van der Waals surface area contributed by atoms with Gasteiger partial charge in [0.25, 0.3) is 0 Å². The van der Waals surface area contributed by atoms with Crippen LogP contribution in [-0.4, -0.2) is 56.7 Å². The Morgan fingerprint density at radius 2 is 1.85 bits per heavy atom. The summed E-state index contributed by atoms with van der Waals surface area (Å²) in [6.07, 6.45) is 2.39. The number of guanidine groups is 1. The average molecular weight is 476 g/mol. The van der Waals surface area contributed by atoms with Crippen molar-refractivity contribution in [3.63, 3.8) is 0 Å². The maximum absolute atomic E-state index is 5.98. The number of ether oxygens (including phenoxy) is 1. The molecular weight excluding hydrogens is 439 g/mol. The molecule has 150 valence electrons. The lowest BCUT2D eigenvalue weighted by atomic mass is 10.2. The van der Waals surface area contributed by atoms with Gasteiger partial charge in [-0.1, -0.05) is 18.2 Å². The van der Waals surface area contributed by atoms with Crippen LogP contribution < -0.4 is 15.4 Å². The van der Waals surface area contributed by atoms with Crippen LogP contribution in [0.15, 0.2) is 29.3 Å². The number of aryl methyl sites for hydroxylation is 1. The molecule has 0 fully saturated rings. The van der Waals surface area contributed by atoms with Gasteiger partial charge in [-0.2, -0.15) is 0 Å². The zero-order chi connectivity index (χ0) is 18.7. The summed E-state index contributed by atoms with van der Waals surface area (Å²) in [5.41, 5.74) is 1.16. The van der Waals surface area contributed by atoms with E-state index in [4.69, 9.17) is 4.74 Å². The normalized spacial score (nSPS) is 12.7. The van der Waals surface area contributed by atoms with E-state index in [2.05, 4.69) is 61.3 Å². The number of hydrogen-bond donors (Lipinski definition) is 2. The lowest BCUT2D eigenvalue weighted by Crippen LogP contribution is -2.42. The van der Waals surface area contributed by atoms with Crippen molar-refractivity contribution >= 4 is 29.9 Å². The van der Waals surface area contributed by atoms with Crippen LogP contribution in [0, 0.1) is 6.92 Å². The Labute approximate surface area is 177 Å². The van der Waals surface area contributed by atoms with Gasteiger partial charge in [-0.05, 0) is 65.8 Å². The van der Waals surface area contributed by atoms with Crippen molar-refractivity contribution in [1.82, 2.24) is 15.5 Å². The Balaban J connectivity index is 0.00000625. The zero-order valence-corrected chi connectivity index (χ0v) is 19.5. The fraction of sp³-hybridized carbons (Fsp3) is 0.650. The average Bonchev–Trinajstić information content (AvgIpc) is 2.59. The summed E-state index contributed by atoms with van der Waals surface area (Å²) < 4.78 is 5.98. The van der Waals surface area contributed by atoms with E-state index >= 15 is 0 Å². The van der Waals surface area contributed by atoms with Crippen molar-refractivity contribution < 1.29 is 4.74 Å². The molecule has 5 nitrogen and oxygen atoms in total. The standard InChI is InChI=1S/C20H36N4O.HI/c1-16(2)24(6)14-10-9-13-22-20(21-5)23-15-18(4)25-19-12-8-7-11-17(19)3;/h7-8,11-12,16,18H,9-10,13-15H2,1-6H3,(H2,21,22,23);1H. The van der Waals surface area contributed by atoms with Crippen molar-refractivity contribution in [2.75, 3.05) is 33.7 Å². The molecule has 0 saturated heterocycles. The molecule has 1 unspecified atom stereocenters. The molecule has 0 aliphatic carbocycles. The Hall–Kier alpha value is -1.02. The quantitative estimate of drug-likeness (QED) is 0.234. The van der Waals surface area contributed by atoms with Crippen molar-refractivity contribution in [3.05, 3.63) is 29.8 Å². The first-order chi connectivity index (χ1) is 11.9. The molecule has 0 heterocycles. The molecular formula is C20H37IN4O. The summed E-state index contributed by atoms with van der Waals surface area (Å²) in [5.74, 6) is 1.77. The van der Waals surface area contributed by atoms with Crippen molar-refractivity contribution in [1.29, 1.82) is 0 Å². The molecule has 26 heavy (non-hydrogen) atoms. The van der Waals surface area contributed by atoms with Gasteiger partial charge in [0, 0.05) is 19.6 Å². The van der Waals surface area contributed by atoms with E-state index in [0.29, 0.717) is 12.6 Å². The SMILES string of the molecule is CN=C(NCCCCN(C)C(C)C)NCC(C)Oc1ccccc1C.I. The Morgan fingerprint density at radius 3 is 2.46 bits per heavy atom. The Bertz CT molecular complexity index is 522. The van der Waals surface area contributed by atoms with Gasteiger partial charge >= 0.3 is 0 Å². The third-order valence-electron chi connectivity index (χ3n) is 4.31. The molecule has 0 saturated carbocycles. The van der Waals surface area contributed by atoms with Gasteiger partial charge in [0.05, 0.1) is 6.54 Å². The zero-order valence-electron chi connectivity index (χ0n) is 17.2. The highest BCUT2D eigenvalue weighted by Gasteiger charge is 2.07. The second-order valence-corrected chi connectivity index (χ2v) is 6.86. The van der Waals surface area contributed by atoms with Gasteiger partial charge in [-0.15, -0.1) is 24.0 Å². The summed E-state index contributed by atoms with van der Waals surface area (Å²) in [6, 6.07) is 8.70. The van der Waals surface area contributed by atoms with Crippen LogP contribution in [-0.2, 0) is 0 Å². The van der Waals surface area contributed by atoms with Crippen molar-refractivity contribution in [3.8, 4) is 5.75 Å². The van der Waals surface area contributed by atoms with Crippen LogP contribution in [0.3, 0.4) is 0 Å². The predicted molar refractivity (Wildman–Crippen MR) is 123 cm³/mol.